The lowest BCUT2D eigenvalue weighted by Crippen LogP contribution is -2.32. The molecule has 0 fully saturated rings. The Balaban J connectivity index is 1.17. The third kappa shape index (κ3) is 3.86. The molecule has 0 bridgehead atoms. The molecule has 7 heteroatoms. The van der Waals surface area contributed by atoms with E-state index in [1.807, 2.05) is 60.0 Å². The van der Waals surface area contributed by atoms with Crippen LogP contribution < -0.4 is 15.0 Å². The van der Waals surface area contributed by atoms with Gasteiger partial charge in [-0.2, -0.15) is 0 Å². The maximum atomic E-state index is 12.8. The summed E-state index contributed by atoms with van der Waals surface area (Å²) in [4.78, 5) is 23.7. The SMILES string of the molecule is O=C(Nc1nc(-c2ccccn2)cs1)c1ccc(N2COc3ccc4ccccc4c3C2)cc1. The predicted octanol–water partition coefficient (Wildman–Crippen LogP) is 5.97. The molecule has 6 nitrogen and oxygen atoms in total. The van der Waals surface area contributed by atoms with E-state index in [0.29, 0.717) is 17.4 Å². The van der Waals surface area contributed by atoms with Gasteiger partial charge in [0, 0.05) is 28.4 Å². The van der Waals surface area contributed by atoms with Gasteiger partial charge in [-0.15, -0.1) is 11.3 Å². The number of fused-ring (bicyclic) bond motifs is 3. The van der Waals surface area contributed by atoms with Crippen LogP contribution in [0.25, 0.3) is 22.2 Å². The second-order valence-electron chi connectivity index (χ2n) is 7.99. The van der Waals surface area contributed by atoms with Crippen molar-refractivity contribution in [3.05, 3.63) is 102 Å². The van der Waals surface area contributed by atoms with Crippen LogP contribution in [0.4, 0.5) is 10.8 Å². The first kappa shape index (κ1) is 20.4. The zero-order valence-electron chi connectivity index (χ0n) is 18.1. The Labute approximate surface area is 200 Å². The van der Waals surface area contributed by atoms with Gasteiger partial charge >= 0.3 is 0 Å². The molecule has 0 spiro atoms. The summed E-state index contributed by atoms with van der Waals surface area (Å²) in [6.07, 6.45) is 1.73. The van der Waals surface area contributed by atoms with E-state index in [-0.39, 0.29) is 5.91 Å². The van der Waals surface area contributed by atoms with Crippen LogP contribution in [0.5, 0.6) is 5.75 Å². The van der Waals surface area contributed by atoms with Crippen molar-refractivity contribution < 1.29 is 9.53 Å². The second-order valence-corrected chi connectivity index (χ2v) is 8.85. The average molecular weight is 465 g/mol. The number of hydrogen-bond donors (Lipinski definition) is 1. The van der Waals surface area contributed by atoms with Crippen molar-refractivity contribution in [3.8, 4) is 17.1 Å². The van der Waals surface area contributed by atoms with Crippen LogP contribution >= 0.6 is 11.3 Å². The highest BCUT2D eigenvalue weighted by Crippen LogP contribution is 2.34. The van der Waals surface area contributed by atoms with Crippen LogP contribution in [-0.2, 0) is 6.54 Å². The Morgan fingerprint density at radius 2 is 1.79 bits per heavy atom. The van der Waals surface area contributed by atoms with Crippen LogP contribution in [0.15, 0.2) is 90.4 Å². The van der Waals surface area contributed by atoms with Gasteiger partial charge in [0.25, 0.3) is 5.91 Å². The Hall–Kier alpha value is -4.23. The standard InChI is InChI=1S/C27H20N4O2S/c32-26(30-27-29-24(16-34-27)23-7-3-4-14-28-23)19-8-11-20(12-9-19)31-15-22-21-6-2-1-5-18(21)10-13-25(22)33-17-31/h1-14,16H,15,17H2,(H,29,30,32). The number of amides is 1. The zero-order chi connectivity index (χ0) is 22.9. The third-order valence-electron chi connectivity index (χ3n) is 5.87. The molecule has 1 aliphatic heterocycles. The van der Waals surface area contributed by atoms with Crippen molar-refractivity contribution >= 4 is 38.8 Å². The first-order valence-corrected chi connectivity index (χ1v) is 11.8. The summed E-state index contributed by atoms with van der Waals surface area (Å²) < 4.78 is 6.03. The average Bonchev–Trinajstić information content (AvgIpc) is 3.37. The van der Waals surface area contributed by atoms with Gasteiger partial charge in [-0.1, -0.05) is 36.4 Å². The molecule has 1 amide bonds. The van der Waals surface area contributed by atoms with Crippen molar-refractivity contribution in [2.24, 2.45) is 0 Å². The van der Waals surface area contributed by atoms with E-state index >= 15 is 0 Å². The fraction of sp³-hybridized carbons (Fsp3) is 0.0741. The highest BCUT2D eigenvalue weighted by Gasteiger charge is 2.20. The molecular formula is C27H20N4O2S. The highest BCUT2D eigenvalue weighted by molar-refractivity contribution is 7.14. The zero-order valence-corrected chi connectivity index (χ0v) is 19.0. The minimum absolute atomic E-state index is 0.195. The van der Waals surface area contributed by atoms with E-state index in [9.17, 15) is 4.79 Å². The minimum Gasteiger partial charge on any atom is -0.473 e. The summed E-state index contributed by atoms with van der Waals surface area (Å²) in [5, 5.41) is 7.72. The van der Waals surface area contributed by atoms with Gasteiger partial charge in [0.2, 0.25) is 0 Å². The van der Waals surface area contributed by atoms with Crippen LogP contribution in [0, 0.1) is 0 Å². The largest absolute Gasteiger partial charge is 0.473 e. The molecule has 0 aliphatic carbocycles. The number of carbonyl (C=O) groups excluding carboxylic acids is 1. The molecule has 166 valence electrons. The van der Waals surface area contributed by atoms with Crippen molar-refractivity contribution in [3.63, 3.8) is 0 Å². The summed E-state index contributed by atoms with van der Waals surface area (Å²) in [5.74, 6) is 0.735. The fourth-order valence-electron chi connectivity index (χ4n) is 4.12. The normalized spacial score (nSPS) is 12.8. The van der Waals surface area contributed by atoms with E-state index in [2.05, 4.69) is 44.5 Å². The van der Waals surface area contributed by atoms with E-state index in [1.165, 1.54) is 27.7 Å². The smallest absolute Gasteiger partial charge is 0.257 e. The molecule has 6 rings (SSSR count). The van der Waals surface area contributed by atoms with E-state index < -0.39 is 0 Å². The molecule has 3 aromatic carbocycles. The van der Waals surface area contributed by atoms with Gasteiger partial charge in [-0.05, 0) is 53.2 Å². The van der Waals surface area contributed by atoms with Crippen molar-refractivity contribution in [2.45, 2.75) is 6.54 Å². The number of hydrogen-bond acceptors (Lipinski definition) is 6. The molecule has 5 aromatic rings. The molecule has 2 aromatic heterocycles. The molecule has 0 unspecified atom stereocenters. The molecule has 1 N–H and O–H groups in total. The van der Waals surface area contributed by atoms with Gasteiger partial charge in [0.05, 0.1) is 12.2 Å². The number of ether oxygens (including phenoxy) is 1. The fourth-order valence-corrected chi connectivity index (χ4v) is 4.82. The first-order chi connectivity index (χ1) is 16.7. The molecule has 0 atom stereocenters. The van der Waals surface area contributed by atoms with Gasteiger partial charge < -0.3 is 9.64 Å². The van der Waals surface area contributed by atoms with Gasteiger partial charge in [-0.3, -0.25) is 15.1 Å². The first-order valence-electron chi connectivity index (χ1n) is 10.9. The second kappa shape index (κ2) is 8.61. The number of pyridine rings is 1. The molecule has 0 radical (unpaired) electrons. The van der Waals surface area contributed by atoms with Crippen molar-refractivity contribution in [1.82, 2.24) is 9.97 Å². The number of aromatic nitrogens is 2. The van der Waals surface area contributed by atoms with E-state index in [4.69, 9.17) is 4.74 Å². The quantitative estimate of drug-likeness (QED) is 0.355. The number of rotatable bonds is 4. The number of thiazole rings is 1. The molecule has 0 saturated carbocycles. The topological polar surface area (TPSA) is 67.4 Å². The lowest BCUT2D eigenvalue weighted by molar-refractivity contribution is 0.102. The summed E-state index contributed by atoms with van der Waals surface area (Å²) in [5.41, 5.74) is 4.28. The Bertz CT molecular complexity index is 1480. The Kier molecular flexibility index (Phi) is 5.16. The van der Waals surface area contributed by atoms with Crippen molar-refractivity contribution in [1.29, 1.82) is 0 Å². The number of nitrogens with zero attached hydrogens (tertiary/aromatic N) is 3. The van der Waals surface area contributed by atoms with E-state index in [0.717, 1.165) is 29.4 Å². The van der Waals surface area contributed by atoms with Gasteiger partial charge in [-0.25, -0.2) is 4.98 Å². The summed E-state index contributed by atoms with van der Waals surface area (Å²) in [7, 11) is 0. The third-order valence-corrected chi connectivity index (χ3v) is 6.63. The monoisotopic (exact) mass is 464 g/mol. The maximum absolute atomic E-state index is 12.8. The summed E-state index contributed by atoms with van der Waals surface area (Å²) in [6.45, 7) is 1.21. The van der Waals surface area contributed by atoms with Gasteiger partial charge in [0.1, 0.15) is 11.4 Å². The van der Waals surface area contributed by atoms with Crippen LogP contribution in [-0.4, -0.2) is 22.6 Å². The molecule has 1 aliphatic rings. The maximum Gasteiger partial charge on any atom is 0.257 e. The van der Waals surface area contributed by atoms with Crippen LogP contribution in [0.2, 0.25) is 0 Å². The molecule has 3 heterocycles. The summed E-state index contributed by atoms with van der Waals surface area (Å²) >= 11 is 1.38. The van der Waals surface area contributed by atoms with Crippen LogP contribution in [0.3, 0.4) is 0 Å². The lowest BCUT2D eigenvalue weighted by Gasteiger charge is -2.31. The lowest BCUT2D eigenvalue weighted by atomic mass is 10.0. The Morgan fingerprint density at radius 3 is 2.65 bits per heavy atom. The number of benzene rings is 3. The number of nitrogens with one attached hydrogen (secondary N) is 1. The predicted molar refractivity (Wildman–Crippen MR) is 135 cm³/mol. The summed E-state index contributed by atoms with van der Waals surface area (Å²) in [6, 6.07) is 25.7. The van der Waals surface area contributed by atoms with E-state index in [1.54, 1.807) is 6.20 Å². The van der Waals surface area contributed by atoms with Crippen LogP contribution in [0.1, 0.15) is 15.9 Å². The molecule has 34 heavy (non-hydrogen) atoms. The van der Waals surface area contributed by atoms with Gasteiger partial charge in [0.15, 0.2) is 11.9 Å². The molecule has 0 saturated heterocycles. The molecular weight excluding hydrogens is 444 g/mol. The Morgan fingerprint density at radius 1 is 0.941 bits per heavy atom. The minimum atomic E-state index is -0.195. The number of carbonyl (C=O) groups is 1. The number of anilines is 2. The highest BCUT2D eigenvalue weighted by atomic mass is 32.1. The van der Waals surface area contributed by atoms with Crippen molar-refractivity contribution in [2.75, 3.05) is 16.9 Å².